The van der Waals surface area contributed by atoms with Crippen molar-refractivity contribution < 1.29 is 9.18 Å². The van der Waals surface area contributed by atoms with Crippen LogP contribution in [0.25, 0.3) is 27.8 Å². The van der Waals surface area contributed by atoms with Crippen molar-refractivity contribution in [2.24, 2.45) is 0 Å². The highest BCUT2D eigenvalue weighted by Gasteiger charge is 2.24. The van der Waals surface area contributed by atoms with E-state index in [4.69, 9.17) is 0 Å². The lowest BCUT2D eigenvalue weighted by Gasteiger charge is -2.11. The molecule has 0 aliphatic carbocycles. The number of hydrogen-bond donors (Lipinski definition) is 0. The summed E-state index contributed by atoms with van der Waals surface area (Å²) >= 11 is 0. The number of fused-ring (bicyclic) bond motifs is 1. The number of carbonyl (C=O) groups is 1. The summed E-state index contributed by atoms with van der Waals surface area (Å²) in [7, 11) is 0. The van der Waals surface area contributed by atoms with Crippen LogP contribution in [0.4, 0.5) is 4.39 Å². The molecule has 27 heavy (non-hydrogen) atoms. The molecule has 0 aliphatic heterocycles. The van der Waals surface area contributed by atoms with E-state index in [9.17, 15) is 9.18 Å². The quantitative estimate of drug-likeness (QED) is 0.422. The number of benzene rings is 2. The summed E-state index contributed by atoms with van der Waals surface area (Å²) in [6.07, 6.45) is 2.38. The minimum Gasteiger partial charge on any atom is -0.292 e. The minimum atomic E-state index is -0.403. The van der Waals surface area contributed by atoms with Crippen LogP contribution in [0.1, 0.15) is 30.3 Å². The Hall–Kier alpha value is -3.27. The van der Waals surface area contributed by atoms with Gasteiger partial charge >= 0.3 is 0 Å². The summed E-state index contributed by atoms with van der Waals surface area (Å²) in [4.78, 5) is 17.4. The first-order valence-corrected chi connectivity index (χ1v) is 9.04. The number of nitrogens with zero attached hydrogens (tertiary/aromatic N) is 2. The largest absolute Gasteiger partial charge is 0.292 e. The van der Waals surface area contributed by atoms with E-state index < -0.39 is 5.82 Å². The normalized spacial score (nSPS) is 11.0. The first kappa shape index (κ1) is 17.2. The smallest absolute Gasteiger partial charge is 0.180 e. The van der Waals surface area contributed by atoms with Gasteiger partial charge in [0.05, 0.1) is 17.4 Å². The molecule has 4 aromatic rings. The predicted octanol–water partition coefficient (Wildman–Crippen LogP) is 5.81. The lowest BCUT2D eigenvalue weighted by molar-refractivity contribution is 0.0976. The van der Waals surface area contributed by atoms with Gasteiger partial charge in [-0.3, -0.25) is 9.36 Å². The van der Waals surface area contributed by atoms with Gasteiger partial charge in [0, 0.05) is 17.4 Å². The van der Waals surface area contributed by atoms with Crippen molar-refractivity contribution in [3.63, 3.8) is 0 Å². The molecule has 0 N–H and O–H groups in total. The molecule has 0 unspecified atom stereocenters. The Morgan fingerprint density at radius 2 is 1.74 bits per heavy atom. The van der Waals surface area contributed by atoms with Crippen LogP contribution in [-0.2, 0) is 0 Å². The molecule has 3 nitrogen and oxygen atoms in total. The lowest BCUT2D eigenvalue weighted by atomic mass is 9.99. The number of ketones is 1. The third-order valence-electron chi connectivity index (χ3n) is 4.62. The Labute approximate surface area is 157 Å². The van der Waals surface area contributed by atoms with Crippen LogP contribution in [0, 0.1) is 5.82 Å². The number of pyridine rings is 1. The SMILES string of the molecule is CCCC(=O)c1c(-c2ccccc2)c2ccccc2n1-c1ccc(F)cn1. The van der Waals surface area contributed by atoms with Crippen molar-refractivity contribution in [3.05, 3.63) is 84.4 Å². The molecule has 2 aromatic carbocycles. The van der Waals surface area contributed by atoms with Gasteiger partial charge in [-0.2, -0.15) is 0 Å². The van der Waals surface area contributed by atoms with E-state index in [0.29, 0.717) is 17.9 Å². The first-order chi connectivity index (χ1) is 13.2. The number of Topliss-reactive ketones (excluding diaryl/α,β-unsaturated/α-hetero) is 1. The zero-order valence-electron chi connectivity index (χ0n) is 15.0. The molecule has 2 heterocycles. The molecule has 0 fully saturated rings. The Bertz CT molecular complexity index is 1100. The Kier molecular flexibility index (Phi) is 4.55. The molecule has 0 saturated carbocycles. The number of para-hydroxylation sites is 1. The van der Waals surface area contributed by atoms with Crippen molar-refractivity contribution in [2.45, 2.75) is 19.8 Å². The van der Waals surface area contributed by atoms with E-state index in [2.05, 4.69) is 4.98 Å². The molecule has 2 aromatic heterocycles. The van der Waals surface area contributed by atoms with Crippen LogP contribution in [0.3, 0.4) is 0 Å². The highest BCUT2D eigenvalue weighted by atomic mass is 19.1. The van der Waals surface area contributed by atoms with Gasteiger partial charge in [-0.25, -0.2) is 9.37 Å². The molecule has 0 saturated heterocycles. The summed E-state index contributed by atoms with van der Waals surface area (Å²) in [5, 5.41) is 0.981. The highest BCUT2D eigenvalue weighted by molar-refractivity contribution is 6.11. The van der Waals surface area contributed by atoms with Crippen LogP contribution in [0.15, 0.2) is 72.9 Å². The van der Waals surface area contributed by atoms with Gasteiger partial charge in [0.15, 0.2) is 5.78 Å². The zero-order chi connectivity index (χ0) is 18.8. The first-order valence-electron chi connectivity index (χ1n) is 9.04. The Morgan fingerprint density at radius 1 is 1.00 bits per heavy atom. The molecule has 4 heteroatoms. The summed E-state index contributed by atoms with van der Waals surface area (Å²) in [6.45, 7) is 1.99. The molecule has 0 radical (unpaired) electrons. The number of hydrogen-bond acceptors (Lipinski definition) is 2. The number of halogens is 1. The van der Waals surface area contributed by atoms with Crippen LogP contribution in [0.2, 0.25) is 0 Å². The number of rotatable bonds is 5. The minimum absolute atomic E-state index is 0.0543. The van der Waals surface area contributed by atoms with Gasteiger partial charge in [-0.05, 0) is 30.2 Å². The summed E-state index contributed by atoms with van der Waals surface area (Å²) in [5.74, 6) is 0.188. The second kappa shape index (κ2) is 7.16. The van der Waals surface area contributed by atoms with Gasteiger partial charge in [0.1, 0.15) is 11.6 Å². The van der Waals surface area contributed by atoms with Crippen LogP contribution in [-0.4, -0.2) is 15.3 Å². The van der Waals surface area contributed by atoms with Crippen LogP contribution < -0.4 is 0 Å². The summed E-state index contributed by atoms with van der Waals surface area (Å²) in [5.41, 5.74) is 3.36. The highest BCUT2D eigenvalue weighted by Crippen LogP contribution is 2.37. The van der Waals surface area contributed by atoms with Gasteiger partial charge in [0.25, 0.3) is 0 Å². The van der Waals surface area contributed by atoms with E-state index in [0.717, 1.165) is 28.5 Å². The standard InChI is InChI=1S/C23H19FN2O/c1-2-8-20(27)23-22(16-9-4-3-5-10-16)18-11-6-7-12-19(18)26(23)21-14-13-17(24)15-25-21/h3-7,9-15H,2,8H2,1H3. The van der Waals surface area contributed by atoms with Crippen molar-refractivity contribution in [2.75, 3.05) is 0 Å². The van der Waals surface area contributed by atoms with Crippen molar-refractivity contribution >= 4 is 16.7 Å². The Balaban J connectivity index is 2.11. The number of carbonyl (C=O) groups excluding carboxylic acids is 1. The van der Waals surface area contributed by atoms with E-state index in [1.807, 2.05) is 66.1 Å². The van der Waals surface area contributed by atoms with Crippen LogP contribution in [0.5, 0.6) is 0 Å². The monoisotopic (exact) mass is 358 g/mol. The second-order valence-electron chi connectivity index (χ2n) is 6.45. The molecule has 0 atom stereocenters. The number of aromatic nitrogens is 2. The van der Waals surface area contributed by atoms with Gasteiger partial charge in [0.2, 0.25) is 0 Å². The fourth-order valence-corrected chi connectivity index (χ4v) is 3.48. The molecule has 0 spiro atoms. The fourth-order valence-electron chi connectivity index (χ4n) is 3.48. The Morgan fingerprint density at radius 3 is 2.44 bits per heavy atom. The summed E-state index contributed by atoms with van der Waals surface area (Å²) in [6, 6.07) is 20.8. The fraction of sp³-hybridized carbons (Fsp3) is 0.130. The molecule has 0 aliphatic rings. The molecule has 134 valence electrons. The maximum absolute atomic E-state index is 13.4. The average molecular weight is 358 g/mol. The topological polar surface area (TPSA) is 34.9 Å². The van der Waals surface area contributed by atoms with Gasteiger partial charge in [-0.15, -0.1) is 0 Å². The molecule has 0 amide bonds. The van der Waals surface area contributed by atoms with Gasteiger partial charge in [-0.1, -0.05) is 55.5 Å². The van der Waals surface area contributed by atoms with Crippen molar-refractivity contribution in [1.82, 2.24) is 9.55 Å². The van der Waals surface area contributed by atoms with Gasteiger partial charge < -0.3 is 0 Å². The molecule has 4 rings (SSSR count). The predicted molar refractivity (Wildman–Crippen MR) is 106 cm³/mol. The molecule has 0 bridgehead atoms. The van der Waals surface area contributed by atoms with Crippen molar-refractivity contribution in [1.29, 1.82) is 0 Å². The molecular formula is C23H19FN2O. The molecular weight excluding hydrogens is 339 g/mol. The maximum Gasteiger partial charge on any atom is 0.180 e. The second-order valence-corrected chi connectivity index (χ2v) is 6.45. The maximum atomic E-state index is 13.4. The van der Waals surface area contributed by atoms with E-state index >= 15 is 0 Å². The lowest BCUT2D eigenvalue weighted by Crippen LogP contribution is -2.10. The zero-order valence-corrected chi connectivity index (χ0v) is 15.0. The van der Waals surface area contributed by atoms with Crippen LogP contribution >= 0.6 is 0 Å². The van der Waals surface area contributed by atoms with E-state index in [1.54, 1.807) is 6.07 Å². The van der Waals surface area contributed by atoms with E-state index in [-0.39, 0.29) is 5.78 Å². The third kappa shape index (κ3) is 3.04. The average Bonchev–Trinajstić information content (AvgIpc) is 3.05. The van der Waals surface area contributed by atoms with Crippen molar-refractivity contribution in [3.8, 4) is 16.9 Å². The third-order valence-corrected chi connectivity index (χ3v) is 4.62. The van der Waals surface area contributed by atoms with E-state index in [1.165, 1.54) is 12.3 Å². The summed E-state index contributed by atoms with van der Waals surface area (Å²) < 4.78 is 15.3.